The molecular weight excluding hydrogens is 336 g/mol. The minimum Gasteiger partial charge on any atom is -0.374 e. The monoisotopic (exact) mass is 355 g/mol. The minimum absolute atomic E-state index is 0.0254. The summed E-state index contributed by atoms with van der Waals surface area (Å²) in [7, 11) is -4.23. The third-order valence-corrected chi connectivity index (χ3v) is 4.95. The maximum Gasteiger partial charge on any atom is 0.246 e. The highest BCUT2D eigenvalue weighted by Gasteiger charge is 2.23. The van der Waals surface area contributed by atoms with Gasteiger partial charge in [-0.15, -0.1) is 0 Å². The molecule has 1 N–H and O–H groups in total. The van der Waals surface area contributed by atoms with Crippen LogP contribution in [-0.2, 0) is 14.8 Å². The number of rotatable bonds is 8. The van der Waals surface area contributed by atoms with Gasteiger partial charge in [-0.25, -0.2) is 21.9 Å². The first-order valence-corrected chi connectivity index (χ1v) is 9.00. The lowest BCUT2D eigenvalue weighted by Gasteiger charge is -2.13. The van der Waals surface area contributed by atoms with Gasteiger partial charge in [-0.3, -0.25) is 0 Å². The Kier molecular flexibility index (Phi) is 6.42. The predicted molar refractivity (Wildman–Crippen MR) is 87.0 cm³/mol. The highest BCUT2D eigenvalue weighted by molar-refractivity contribution is 7.89. The number of hydrogen-bond donors (Lipinski definition) is 1. The van der Waals surface area contributed by atoms with Crippen LogP contribution in [0.4, 0.5) is 8.78 Å². The van der Waals surface area contributed by atoms with Crippen LogP contribution in [0.1, 0.15) is 25.0 Å². The number of hydrogen-bond acceptors (Lipinski definition) is 3. The Hall–Kier alpha value is -1.83. The second-order valence-electron chi connectivity index (χ2n) is 5.23. The van der Waals surface area contributed by atoms with Crippen molar-refractivity contribution >= 4 is 10.0 Å². The fourth-order valence-corrected chi connectivity index (χ4v) is 3.38. The van der Waals surface area contributed by atoms with Crippen LogP contribution in [0.5, 0.6) is 0 Å². The maximum absolute atomic E-state index is 13.5. The molecule has 0 saturated heterocycles. The van der Waals surface area contributed by atoms with Gasteiger partial charge in [0.2, 0.25) is 10.0 Å². The Morgan fingerprint density at radius 3 is 2.29 bits per heavy atom. The van der Waals surface area contributed by atoms with Gasteiger partial charge in [0.05, 0.1) is 6.10 Å². The summed E-state index contributed by atoms with van der Waals surface area (Å²) in [5, 5.41) is 0. The third kappa shape index (κ3) is 4.83. The van der Waals surface area contributed by atoms with E-state index in [1.54, 1.807) is 0 Å². The molecule has 0 radical (unpaired) electrons. The molecule has 7 heteroatoms. The summed E-state index contributed by atoms with van der Waals surface area (Å²) in [6.45, 7) is 2.24. The van der Waals surface area contributed by atoms with E-state index in [9.17, 15) is 17.2 Å². The van der Waals surface area contributed by atoms with Crippen molar-refractivity contribution in [2.45, 2.75) is 24.3 Å². The lowest BCUT2D eigenvalue weighted by Crippen LogP contribution is -2.27. The Balaban J connectivity index is 1.82. The Morgan fingerprint density at radius 2 is 1.67 bits per heavy atom. The summed E-state index contributed by atoms with van der Waals surface area (Å²) in [6.07, 6.45) is 0.263. The van der Waals surface area contributed by atoms with Gasteiger partial charge in [-0.2, -0.15) is 0 Å². The summed E-state index contributed by atoms with van der Waals surface area (Å²) in [4.78, 5) is -0.955. The predicted octanol–water partition coefficient (Wildman–Crippen LogP) is 3.41. The van der Waals surface area contributed by atoms with Crippen molar-refractivity contribution in [3.8, 4) is 0 Å². The molecule has 0 aliphatic heterocycles. The summed E-state index contributed by atoms with van der Waals surface area (Å²) in [5.41, 5.74) is 1.02. The van der Waals surface area contributed by atoms with Crippen LogP contribution in [0.2, 0.25) is 0 Å². The van der Waals surface area contributed by atoms with Crippen molar-refractivity contribution in [2.75, 3.05) is 13.2 Å². The van der Waals surface area contributed by atoms with Crippen LogP contribution in [0, 0.1) is 11.6 Å². The average Bonchev–Trinajstić information content (AvgIpc) is 2.54. The quantitative estimate of drug-likeness (QED) is 0.739. The number of halogens is 2. The molecule has 24 heavy (non-hydrogen) atoms. The normalized spacial score (nSPS) is 13.0. The summed E-state index contributed by atoms with van der Waals surface area (Å²) in [5.74, 6) is -2.23. The van der Waals surface area contributed by atoms with E-state index in [0.717, 1.165) is 23.8 Å². The first-order valence-electron chi connectivity index (χ1n) is 7.52. The molecule has 1 atom stereocenters. The average molecular weight is 355 g/mol. The lowest BCUT2D eigenvalue weighted by molar-refractivity contribution is 0.0647. The molecule has 0 aliphatic rings. The molecule has 0 fully saturated rings. The van der Waals surface area contributed by atoms with Crippen LogP contribution >= 0.6 is 0 Å². The largest absolute Gasteiger partial charge is 0.374 e. The molecule has 130 valence electrons. The van der Waals surface area contributed by atoms with Gasteiger partial charge < -0.3 is 4.74 Å². The van der Waals surface area contributed by atoms with E-state index in [0.29, 0.717) is 13.0 Å². The Bertz CT molecular complexity index is 746. The molecule has 2 aromatic carbocycles. The zero-order valence-corrected chi connectivity index (χ0v) is 14.0. The highest BCUT2D eigenvalue weighted by atomic mass is 32.2. The Morgan fingerprint density at radius 1 is 1.04 bits per heavy atom. The van der Waals surface area contributed by atoms with Crippen LogP contribution in [0.3, 0.4) is 0 Å². The number of benzene rings is 2. The van der Waals surface area contributed by atoms with Crippen molar-refractivity contribution in [1.29, 1.82) is 0 Å². The lowest BCUT2D eigenvalue weighted by atomic mass is 10.1. The van der Waals surface area contributed by atoms with Crippen molar-refractivity contribution in [1.82, 2.24) is 4.72 Å². The topological polar surface area (TPSA) is 55.4 Å². The van der Waals surface area contributed by atoms with Gasteiger partial charge in [0.15, 0.2) is 4.90 Å². The van der Waals surface area contributed by atoms with E-state index in [-0.39, 0.29) is 12.6 Å². The molecular formula is C17H19F2NO3S. The van der Waals surface area contributed by atoms with E-state index < -0.39 is 26.6 Å². The molecule has 0 aliphatic carbocycles. The van der Waals surface area contributed by atoms with Gasteiger partial charge in [-0.1, -0.05) is 36.4 Å². The SMILES string of the molecule is C[C@H](OCCCNS(=O)(=O)c1c(F)cccc1F)c1ccccc1. The molecule has 0 spiro atoms. The van der Waals surface area contributed by atoms with E-state index in [1.807, 2.05) is 37.3 Å². The smallest absolute Gasteiger partial charge is 0.246 e. The molecule has 0 saturated carbocycles. The summed E-state index contributed by atoms with van der Waals surface area (Å²) in [6, 6.07) is 12.5. The zero-order valence-electron chi connectivity index (χ0n) is 13.2. The molecule has 0 amide bonds. The van der Waals surface area contributed by atoms with E-state index >= 15 is 0 Å². The second-order valence-corrected chi connectivity index (χ2v) is 6.93. The standard InChI is InChI=1S/C17H19F2NO3S/c1-13(14-7-3-2-4-8-14)23-12-6-11-20-24(21,22)17-15(18)9-5-10-16(17)19/h2-5,7-10,13,20H,6,11-12H2,1H3/t13-/m0/s1. The number of nitrogens with one attached hydrogen (secondary N) is 1. The van der Waals surface area contributed by atoms with Gasteiger partial charge >= 0.3 is 0 Å². The number of sulfonamides is 1. The fraction of sp³-hybridized carbons (Fsp3) is 0.294. The van der Waals surface area contributed by atoms with Crippen molar-refractivity contribution in [3.05, 3.63) is 65.7 Å². The van der Waals surface area contributed by atoms with E-state index in [2.05, 4.69) is 4.72 Å². The van der Waals surface area contributed by atoms with E-state index in [1.165, 1.54) is 0 Å². The summed E-state index contributed by atoms with van der Waals surface area (Å²) >= 11 is 0. The van der Waals surface area contributed by atoms with Crippen molar-refractivity contribution in [3.63, 3.8) is 0 Å². The molecule has 0 heterocycles. The maximum atomic E-state index is 13.5. The van der Waals surface area contributed by atoms with Crippen molar-refractivity contribution < 1.29 is 21.9 Å². The molecule has 0 aromatic heterocycles. The van der Waals surface area contributed by atoms with Crippen LogP contribution < -0.4 is 4.72 Å². The summed E-state index contributed by atoms with van der Waals surface area (Å²) < 4.78 is 58.8. The van der Waals surface area contributed by atoms with Gasteiger partial charge in [-0.05, 0) is 31.0 Å². The highest BCUT2D eigenvalue weighted by Crippen LogP contribution is 2.18. The first-order chi connectivity index (χ1) is 11.4. The second kappa shape index (κ2) is 8.32. The zero-order chi connectivity index (χ0) is 17.6. The van der Waals surface area contributed by atoms with Gasteiger partial charge in [0.1, 0.15) is 11.6 Å². The van der Waals surface area contributed by atoms with E-state index in [4.69, 9.17) is 4.74 Å². The van der Waals surface area contributed by atoms with Crippen LogP contribution in [-0.4, -0.2) is 21.6 Å². The molecule has 2 aromatic rings. The molecule has 0 unspecified atom stereocenters. The van der Waals surface area contributed by atoms with Gasteiger partial charge in [0, 0.05) is 13.2 Å². The fourth-order valence-electron chi connectivity index (χ4n) is 2.17. The molecule has 0 bridgehead atoms. The Labute approximate surface area is 140 Å². The third-order valence-electron chi connectivity index (χ3n) is 3.44. The number of ether oxygens (including phenoxy) is 1. The first kappa shape index (κ1) is 18.5. The van der Waals surface area contributed by atoms with Gasteiger partial charge in [0.25, 0.3) is 0 Å². The molecule has 4 nitrogen and oxygen atoms in total. The van der Waals surface area contributed by atoms with Crippen molar-refractivity contribution in [2.24, 2.45) is 0 Å². The molecule has 2 rings (SSSR count). The minimum atomic E-state index is -4.23. The van der Waals surface area contributed by atoms with Crippen LogP contribution in [0.25, 0.3) is 0 Å². The van der Waals surface area contributed by atoms with Crippen LogP contribution in [0.15, 0.2) is 53.4 Å².